The van der Waals surface area contributed by atoms with E-state index in [1.807, 2.05) is 18.2 Å². The summed E-state index contributed by atoms with van der Waals surface area (Å²) >= 11 is 36.0. The second-order valence-electron chi connectivity index (χ2n) is 24.4. The Balaban J connectivity index is 0.000000168. The van der Waals surface area contributed by atoms with Gasteiger partial charge in [-0.1, -0.05) is 87.8 Å². The number of hydrogen-bond donors (Lipinski definition) is 8. The molecule has 3 aliphatic heterocycles. The van der Waals surface area contributed by atoms with Crippen LogP contribution in [0, 0.1) is 0 Å². The third kappa shape index (κ3) is 24.4. The van der Waals surface area contributed by atoms with Crippen molar-refractivity contribution in [3.63, 3.8) is 0 Å². The lowest BCUT2D eigenvalue weighted by Crippen LogP contribution is -2.30. The largest absolute Gasteiger partial charge is 0.481 e. The molecule has 0 bridgehead atoms. The minimum Gasteiger partial charge on any atom is -0.481 e. The Morgan fingerprint density at radius 2 is 0.817 bits per heavy atom. The van der Waals surface area contributed by atoms with Gasteiger partial charge in [-0.3, -0.25) is 38.0 Å². The highest BCUT2D eigenvalue weighted by molar-refractivity contribution is 6.35. The number of nitrogens with zero attached hydrogens (tertiary/aromatic N) is 9. The number of esters is 2. The van der Waals surface area contributed by atoms with E-state index in [2.05, 4.69) is 70.0 Å². The Labute approximate surface area is 630 Å². The van der Waals surface area contributed by atoms with Crippen LogP contribution in [0.4, 0.5) is 17.5 Å². The second kappa shape index (κ2) is 39.0. The summed E-state index contributed by atoms with van der Waals surface area (Å²) in [6, 6.07) is 25.2. The number of halogens is 6. The van der Waals surface area contributed by atoms with Crippen molar-refractivity contribution in [3.05, 3.63) is 225 Å². The molecule has 0 saturated carbocycles. The van der Waals surface area contributed by atoms with Gasteiger partial charge in [0.15, 0.2) is 0 Å². The molecule has 3 aromatic carbocycles. The molecule has 0 radical (unpaired) electrons. The molecule has 0 saturated heterocycles. The number of anilines is 3. The summed E-state index contributed by atoms with van der Waals surface area (Å²) in [7, 11) is 0. The summed E-state index contributed by atoms with van der Waals surface area (Å²) in [4.78, 5) is 85.3. The Bertz CT molecular complexity index is 4420. The lowest BCUT2D eigenvalue weighted by atomic mass is 10.0. The minimum absolute atomic E-state index is 0.0532. The summed E-state index contributed by atoms with van der Waals surface area (Å²) in [6.07, 6.45) is 17.6. The van der Waals surface area contributed by atoms with Crippen LogP contribution in [-0.2, 0) is 82.0 Å². The monoisotopic (exact) mass is 1540 g/mol. The SMILES string of the molecule is CCOC(=O)C[C@H](N)c1cc(Cl)cc(Cl)c1.CCOC(=O)C[C@H](NC(=O)c1cnn(CCc2ccc3c(n2)NCCC3)c1)c1cc(Cl)cc(Cl)c1.O=C(O)C[C@H](NC(=O)c1cnn(CCc2ccc3c(n2)NCCC3)c1)c1cc(Cl)cc(Cl)c1.O=C(O)c1cnn(CCc2ccc3c(n2)NCCC3)c1. The molecular formula is C73H79Cl6N15O10. The number of nitrogens with two attached hydrogens (primary N) is 1. The number of fused-ring (bicyclic) bond motifs is 3. The Morgan fingerprint density at radius 3 is 1.16 bits per heavy atom. The highest BCUT2D eigenvalue weighted by Crippen LogP contribution is 2.30. The number of carbonyl (C=O) groups is 6. The average molecular weight is 1540 g/mol. The number of aromatic nitrogens is 9. The highest BCUT2D eigenvalue weighted by atomic mass is 35.5. The van der Waals surface area contributed by atoms with E-state index in [-0.39, 0.29) is 43.3 Å². The summed E-state index contributed by atoms with van der Waals surface area (Å²) in [5.41, 5.74) is 15.3. The molecule has 25 nitrogen and oxygen atoms in total. The second-order valence-corrected chi connectivity index (χ2v) is 27.1. The number of aryl methyl sites for hydroxylation is 9. The van der Waals surface area contributed by atoms with E-state index in [0.717, 1.165) is 105 Å². The van der Waals surface area contributed by atoms with Gasteiger partial charge in [0.1, 0.15) is 17.5 Å². The first-order chi connectivity index (χ1) is 50.0. The first-order valence-corrected chi connectivity index (χ1v) is 36.1. The molecule has 2 amide bonds. The fourth-order valence-corrected chi connectivity index (χ4v) is 13.1. The molecule has 9 aromatic rings. The van der Waals surface area contributed by atoms with Crippen LogP contribution < -0.4 is 32.3 Å². The van der Waals surface area contributed by atoms with Crippen LogP contribution in [0.1, 0.15) is 152 Å². The zero-order valence-electron chi connectivity index (χ0n) is 57.0. The van der Waals surface area contributed by atoms with Crippen LogP contribution in [0.2, 0.25) is 30.1 Å². The van der Waals surface area contributed by atoms with Crippen molar-refractivity contribution in [2.45, 2.75) is 129 Å². The molecular weight excluding hydrogens is 1460 g/mol. The van der Waals surface area contributed by atoms with E-state index in [4.69, 9.17) is 94.9 Å². The van der Waals surface area contributed by atoms with Gasteiger partial charge in [0, 0.05) is 130 Å². The maximum atomic E-state index is 13.0. The van der Waals surface area contributed by atoms with Crippen LogP contribution in [0.5, 0.6) is 0 Å². The number of carboxylic acids is 2. The summed E-state index contributed by atoms with van der Waals surface area (Å²) in [5, 5.41) is 48.9. The number of hydrogen-bond acceptors (Lipinski definition) is 18. The molecule has 3 atom stereocenters. The predicted molar refractivity (Wildman–Crippen MR) is 399 cm³/mol. The molecule has 6 aromatic heterocycles. The molecule has 548 valence electrons. The number of carboxylic acid groups (broad SMARTS) is 2. The van der Waals surface area contributed by atoms with Gasteiger partial charge >= 0.3 is 23.9 Å². The van der Waals surface area contributed by atoms with Crippen molar-refractivity contribution in [3.8, 4) is 0 Å². The minimum atomic E-state index is -1.06. The Hall–Kier alpha value is -9.34. The number of aromatic carboxylic acids is 1. The summed E-state index contributed by atoms with van der Waals surface area (Å²) in [5.74, 6) is -0.667. The zero-order valence-corrected chi connectivity index (χ0v) is 61.6. The van der Waals surface area contributed by atoms with E-state index < -0.39 is 41.9 Å². The van der Waals surface area contributed by atoms with Gasteiger partial charge in [-0.2, -0.15) is 15.3 Å². The summed E-state index contributed by atoms with van der Waals surface area (Å²) in [6.45, 7) is 8.69. The van der Waals surface area contributed by atoms with Crippen molar-refractivity contribution in [2.24, 2.45) is 5.73 Å². The molecule has 0 unspecified atom stereocenters. The standard InChI is InChI=1S/C25H27Cl2N5O3.C23H23Cl2N5O3.C14H16N4O2.C11H13Cl2NO2/c1-2-35-23(33)13-22(17-10-19(26)12-20(27)11-17)31-25(34)18-14-29-32(15-18)9-7-21-6-5-16-4-3-8-28-24(16)30-21;24-17-8-15(9-18(25)10-17)20(11-21(31)32)29-23(33)16-12-27-30(13-16)7-5-19-4-3-14-2-1-6-26-22(14)28-19;19-14(20)11-8-16-18(9-11)7-5-12-4-3-10-2-1-6-15-13(10)17-12;1-2-16-11(15)6-10(14)7-3-8(12)5-9(13)4-7/h5-6,10-12,14-15,22H,2-4,7-9,13H2,1H3,(H,28,30)(H,31,34);3-4,8-10,12-13,20H,1-2,5-7,11H2,(H,26,28)(H,29,33)(H,31,32);3-4,8-9H,1-2,5-7H2,(H,15,17)(H,19,20);3-5,10H,2,6,14H2,1H3/t22-;20-;;10-/m00.0/s1. The highest BCUT2D eigenvalue weighted by Gasteiger charge is 2.25. The lowest BCUT2D eigenvalue weighted by molar-refractivity contribution is -0.144. The van der Waals surface area contributed by atoms with Crippen LogP contribution >= 0.6 is 69.6 Å². The third-order valence-electron chi connectivity index (χ3n) is 16.6. The maximum Gasteiger partial charge on any atom is 0.338 e. The molecule has 0 spiro atoms. The summed E-state index contributed by atoms with van der Waals surface area (Å²) < 4.78 is 14.9. The predicted octanol–water partition coefficient (Wildman–Crippen LogP) is 13.3. The van der Waals surface area contributed by atoms with Crippen LogP contribution in [0.15, 0.2) is 128 Å². The van der Waals surface area contributed by atoms with Gasteiger partial charge in [0.2, 0.25) is 0 Å². The molecule has 31 heteroatoms. The Morgan fingerprint density at radius 1 is 0.481 bits per heavy atom. The van der Waals surface area contributed by atoms with E-state index in [1.165, 1.54) is 35.3 Å². The van der Waals surface area contributed by atoms with Crippen LogP contribution in [-0.4, -0.2) is 123 Å². The Kier molecular flexibility index (Phi) is 29.5. The van der Waals surface area contributed by atoms with Gasteiger partial charge in [-0.15, -0.1) is 0 Å². The topological polar surface area (TPSA) is 340 Å². The van der Waals surface area contributed by atoms with Gasteiger partial charge < -0.3 is 52.0 Å². The number of rotatable bonds is 25. The maximum absolute atomic E-state index is 13.0. The van der Waals surface area contributed by atoms with Crippen molar-refractivity contribution < 1.29 is 48.5 Å². The molecule has 12 rings (SSSR count). The van der Waals surface area contributed by atoms with Crippen LogP contribution in [0.25, 0.3) is 0 Å². The van der Waals surface area contributed by atoms with Gasteiger partial charge in [0.05, 0.1) is 79.8 Å². The number of aliphatic carboxylic acids is 1. The number of benzene rings is 3. The number of pyridine rings is 3. The molecule has 104 heavy (non-hydrogen) atoms. The molecule has 9 N–H and O–H groups in total. The van der Waals surface area contributed by atoms with Crippen LogP contribution in [0.3, 0.4) is 0 Å². The van der Waals surface area contributed by atoms with Crippen molar-refractivity contribution in [2.75, 3.05) is 48.8 Å². The first-order valence-electron chi connectivity index (χ1n) is 33.8. The average Bonchev–Trinajstić information content (AvgIpc) is 1.52. The number of ether oxygens (including phenoxy) is 2. The lowest BCUT2D eigenvalue weighted by Gasteiger charge is -2.19. The molecule has 3 aliphatic rings. The smallest absolute Gasteiger partial charge is 0.338 e. The van der Waals surface area contributed by atoms with E-state index in [0.29, 0.717) is 91.5 Å². The number of amides is 2. The van der Waals surface area contributed by atoms with Crippen molar-refractivity contribution in [1.29, 1.82) is 0 Å². The number of nitrogens with one attached hydrogen (secondary N) is 5. The van der Waals surface area contributed by atoms with Gasteiger partial charge in [0.25, 0.3) is 11.8 Å². The van der Waals surface area contributed by atoms with Gasteiger partial charge in [-0.05, 0) is 159 Å². The fraction of sp³-hybridized carbons (Fsp3) is 0.342. The van der Waals surface area contributed by atoms with E-state index in [1.54, 1.807) is 101 Å². The molecule has 9 heterocycles. The van der Waals surface area contributed by atoms with E-state index in [9.17, 15) is 33.9 Å². The van der Waals surface area contributed by atoms with Gasteiger partial charge in [-0.25, -0.2) is 19.7 Å². The normalized spacial score (nSPS) is 13.4. The van der Waals surface area contributed by atoms with Crippen molar-refractivity contribution in [1.82, 2.24) is 54.9 Å². The fourth-order valence-electron chi connectivity index (χ4n) is 11.4. The first kappa shape index (κ1) is 78.8. The molecule has 0 aliphatic carbocycles. The third-order valence-corrected chi connectivity index (χ3v) is 17.9. The van der Waals surface area contributed by atoms with E-state index >= 15 is 0 Å². The quantitative estimate of drug-likeness (QED) is 0.0246. The van der Waals surface area contributed by atoms with Crippen molar-refractivity contribution >= 4 is 123 Å². The molecule has 0 fully saturated rings. The zero-order chi connectivity index (χ0) is 74.2. The number of carbonyl (C=O) groups excluding carboxylic acids is 4.